The van der Waals surface area contributed by atoms with Crippen molar-refractivity contribution in [1.29, 1.82) is 0 Å². The van der Waals surface area contributed by atoms with Gasteiger partial charge in [-0.1, -0.05) is 110 Å². The number of rotatable bonds is 9. The van der Waals surface area contributed by atoms with Crippen LogP contribution < -0.4 is 10.6 Å². The summed E-state index contributed by atoms with van der Waals surface area (Å²) in [6, 6.07) is 30.3. The summed E-state index contributed by atoms with van der Waals surface area (Å²) in [6.45, 7) is 0.991. The molecule has 12 unspecified atom stereocenters. The highest BCUT2D eigenvalue weighted by Gasteiger charge is 2.78. The minimum absolute atomic E-state index is 0.0492. The van der Waals surface area contributed by atoms with Crippen LogP contribution in [0.2, 0.25) is 0 Å². The van der Waals surface area contributed by atoms with Gasteiger partial charge in [0.05, 0.1) is 17.8 Å². The summed E-state index contributed by atoms with van der Waals surface area (Å²) < 4.78 is 0. The number of nitrogens with one attached hydrogen (secondary N) is 3. The number of benzene rings is 5. The van der Waals surface area contributed by atoms with Gasteiger partial charge in [0, 0.05) is 46.9 Å². The number of allylic oxidation sites excluding steroid dienone is 1. The molecule has 12 atom stereocenters. The first kappa shape index (κ1) is 46.7. The second-order valence-electron chi connectivity index (χ2n) is 23.7. The quantitative estimate of drug-likeness (QED) is 0.0388. The van der Waals surface area contributed by atoms with Gasteiger partial charge in [0.2, 0.25) is 0 Å². The van der Waals surface area contributed by atoms with Crippen LogP contribution in [0.25, 0.3) is 22.9 Å². The van der Waals surface area contributed by atoms with Crippen LogP contribution in [-0.4, -0.2) is 65.3 Å². The predicted octanol–water partition coefficient (Wildman–Crippen LogP) is 11.3. The number of aryl methyl sites for hydroxylation is 1. The third-order valence-electron chi connectivity index (χ3n) is 20.8. The van der Waals surface area contributed by atoms with Gasteiger partial charge in [0.15, 0.2) is 23.0 Å². The number of piperidine rings is 2. The molecule has 6 aromatic rings. The highest BCUT2D eigenvalue weighted by molar-refractivity contribution is 6.03. The zero-order valence-corrected chi connectivity index (χ0v) is 41.7. The highest BCUT2D eigenvalue weighted by Crippen LogP contribution is 2.79. The number of H-pyrrole nitrogens is 1. The molecule has 5 aliphatic carbocycles. The van der Waals surface area contributed by atoms with Gasteiger partial charge in [-0.3, -0.25) is 0 Å². The van der Waals surface area contributed by atoms with E-state index in [9.17, 15) is 30.6 Å². The Morgan fingerprint density at radius 1 is 0.726 bits per heavy atom. The van der Waals surface area contributed by atoms with E-state index in [-0.39, 0.29) is 73.8 Å². The molecular formula is C63H70N4O6. The van der Waals surface area contributed by atoms with E-state index < -0.39 is 6.10 Å². The lowest BCUT2D eigenvalue weighted by molar-refractivity contribution is -0.216. The van der Waals surface area contributed by atoms with Gasteiger partial charge in [-0.25, -0.2) is 4.98 Å². The Balaban J connectivity index is 0.887. The summed E-state index contributed by atoms with van der Waals surface area (Å²) in [5.74, 6) is 0.362. The standard InChI is InChI=1S/C63H70N4O6/c68-50-23-17-40(32-53(50)71)16-21-45-46-11-4-12-51(69)55(46)57(73)56(72)47(45)22-15-38-13-18-41(19-14-38)49-35-60(29-30-65-44(34-60)31-39-7-2-1-3-8-39)48-33-43-10-6-26-62(43)28-27-61-25-5-9-42(61)20-24-52(70)58(61)63(62,59(48)67-49)54-36-64-37-66-54/h1-4,7-8,11-14,16-21,23-24,32,36-37,42-44,48-49,52,58-59,65,67-73H,5-6,9-10,15,22,25-31,33-35H2,(H,64,66). The van der Waals surface area contributed by atoms with Crippen molar-refractivity contribution < 1.29 is 30.6 Å². The molecule has 0 amide bonds. The van der Waals surface area contributed by atoms with Gasteiger partial charge >= 0.3 is 0 Å². The average Bonchev–Trinajstić information content (AvgIpc) is 4.19. The molecule has 2 saturated heterocycles. The summed E-state index contributed by atoms with van der Waals surface area (Å²) in [4.78, 5) is 8.74. The number of aliphatic hydroxyl groups excluding tert-OH is 1. The maximum atomic E-state index is 12.9. The number of imidazole rings is 1. The molecule has 1 aromatic heterocycles. The summed E-state index contributed by atoms with van der Waals surface area (Å²) in [5, 5.41) is 76.4. The molecule has 6 fully saturated rings. The molecule has 9 N–H and O–H groups in total. The minimum atomic E-state index is -0.530. The molecule has 2 aliphatic heterocycles. The van der Waals surface area contributed by atoms with Crippen LogP contribution in [0, 0.1) is 39.9 Å². The first-order valence-electron chi connectivity index (χ1n) is 27.4. The second-order valence-corrected chi connectivity index (χ2v) is 23.7. The van der Waals surface area contributed by atoms with Crippen LogP contribution >= 0.6 is 0 Å². The van der Waals surface area contributed by atoms with Crippen LogP contribution in [0.1, 0.15) is 122 Å². The second kappa shape index (κ2) is 17.8. The van der Waals surface area contributed by atoms with Crippen LogP contribution in [0.5, 0.6) is 28.7 Å². The third-order valence-corrected chi connectivity index (χ3v) is 20.8. The predicted molar refractivity (Wildman–Crippen MR) is 285 cm³/mol. The molecule has 0 bridgehead atoms. The van der Waals surface area contributed by atoms with Crippen LogP contribution in [-0.2, 0) is 24.7 Å². The normalized spacial score (nSPS) is 34.4. The monoisotopic (exact) mass is 979 g/mol. The number of aromatic hydroxyl groups is 5. The average molecular weight is 979 g/mol. The van der Waals surface area contributed by atoms with E-state index in [1.165, 1.54) is 92.8 Å². The van der Waals surface area contributed by atoms with E-state index >= 15 is 0 Å². The fraction of sp³-hybridized carbons (Fsp3) is 0.444. The number of hydrogen-bond donors (Lipinski definition) is 9. The molecule has 5 aromatic carbocycles. The number of fused-ring (bicyclic) bond motifs is 5. The number of phenolic OH excluding ortho intramolecular Hbond substituents is 5. The topological polar surface area (TPSA) is 174 Å². The van der Waals surface area contributed by atoms with E-state index in [0.717, 1.165) is 37.8 Å². The van der Waals surface area contributed by atoms with Gasteiger partial charge in [-0.2, -0.15) is 0 Å². The van der Waals surface area contributed by atoms with E-state index in [4.69, 9.17) is 4.98 Å². The molecule has 10 heteroatoms. The van der Waals surface area contributed by atoms with E-state index in [0.29, 0.717) is 58.7 Å². The van der Waals surface area contributed by atoms with Crippen LogP contribution in [0.3, 0.4) is 0 Å². The van der Waals surface area contributed by atoms with Crippen molar-refractivity contribution in [3.63, 3.8) is 0 Å². The largest absolute Gasteiger partial charge is 0.507 e. The Morgan fingerprint density at radius 2 is 1.58 bits per heavy atom. The fourth-order valence-corrected chi connectivity index (χ4v) is 18.0. The van der Waals surface area contributed by atoms with E-state index in [2.05, 4.69) is 88.6 Å². The Labute approximate surface area is 428 Å². The van der Waals surface area contributed by atoms with Crippen molar-refractivity contribution in [3.8, 4) is 28.7 Å². The van der Waals surface area contributed by atoms with Crippen molar-refractivity contribution in [2.24, 2.45) is 39.9 Å². The third kappa shape index (κ3) is 7.16. The van der Waals surface area contributed by atoms with Crippen LogP contribution in [0.4, 0.5) is 0 Å². The van der Waals surface area contributed by atoms with Gasteiger partial charge < -0.3 is 46.3 Å². The Bertz CT molecular complexity index is 3100. The molecule has 13 rings (SSSR count). The highest BCUT2D eigenvalue weighted by atomic mass is 16.3. The Hall–Kier alpha value is -6.07. The van der Waals surface area contributed by atoms with E-state index in [1.807, 2.05) is 18.5 Å². The van der Waals surface area contributed by atoms with Gasteiger partial charge in [-0.15, -0.1) is 0 Å². The lowest BCUT2D eigenvalue weighted by atomic mass is 9.31. The van der Waals surface area contributed by atoms with Crippen molar-refractivity contribution in [2.45, 2.75) is 126 Å². The maximum Gasteiger partial charge on any atom is 0.169 e. The summed E-state index contributed by atoms with van der Waals surface area (Å²) in [7, 11) is 0. The van der Waals surface area contributed by atoms with Crippen molar-refractivity contribution in [2.75, 3.05) is 6.54 Å². The molecule has 73 heavy (non-hydrogen) atoms. The molecule has 3 heterocycles. The SMILES string of the molecule is Oc1ccc(C=Cc2c(CCc3ccc(C4CC5(CCNC(Cc6ccccc6)C5)C5CC6CCCC67CCC68CCCC6C=CC(O)C8C7(c6cnc[nH]6)C5N4)cc3)c(O)c(O)c3c(O)cccc23)cc1O. The fourth-order valence-electron chi connectivity index (χ4n) is 18.0. The zero-order valence-electron chi connectivity index (χ0n) is 41.7. The van der Waals surface area contributed by atoms with Gasteiger partial charge in [0.25, 0.3) is 0 Å². The van der Waals surface area contributed by atoms with Crippen LogP contribution in [0.15, 0.2) is 116 Å². The molecule has 10 nitrogen and oxygen atoms in total. The molecule has 378 valence electrons. The molecule has 0 radical (unpaired) electrons. The van der Waals surface area contributed by atoms with Crippen molar-refractivity contribution >= 4 is 22.9 Å². The number of nitrogens with zero attached hydrogens (tertiary/aromatic N) is 1. The summed E-state index contributed by atoms with van der Waals surface area (Å²) in [5.41, 5.74) is 6.66. The molecule has 7 aliphatic rings. The van der Waals surface area contributed by atoms with Gasteiger partial charge in [-0.05, 0) is 175 Å². The maximum absolute atomic E-state index is 12.9. The lowest BCUT2D eigenvalue weighted by Gasteiger charge is -2.75. The number of hydrogen-bond acceptors (Lipinski definition) is 9. The smallest absolute Gasteiger partial charge is 0.169 e. The minimum Gasteiger partial charge on any atom is -0.507 e. The molecular weight excluding hydrogens is 909 g/mol. The van der Waals surface area contributed by atoms with Gasteiger partial charge in [0.1, 0.15) is 5.75 Å². The molecule has 3 spiro atoms. The zero-order chi connectivity index (χ0) is 49.7. The first-order chi connectivity index (χ1) is 35.5. The van der Waals surface area contributed by atoms with Crippen molar-refractivity contribution in [1.82, 2.24) is 20.6 Å². The summed E-state index contributed by atoms with van der Waals surface area (Å²) in [6.07, 6.45) is 28.0. The summed E-state index contributed by atoms with van der Waals surface area (Å²) >= 11 is 0. The van der Waals surface area contributed by atoms with Crippen molar-refractivity contribution in [3.05, 3.63) is 155 Å². The Morgan fingerprint density at radius 3 is 2.40 bits per heavy atom. The number of aromatic nitrogens is 2. The number of aliphatic hydroxyl groups is 1. The lowest BCUT2D eigenvalue weighted by Crippen LogP contribution is -2.78. The molecule has 4 saturated carbocycles. The number of aromatic amines is 1. The first-order valence-corrected chi connectivity index (χ1v) is 27.4. The Kier molecular flexibility index (Phi) is 11.4. The number of phenols is 5. The van der Waals surface area contributed by atoms with E-state index in [1.54, 1.807) is 18.2 Å².